The summed E-state index contributed by atoms with van der Waals surface area (Å²) >= 11 is 1.66. The van der Waals surface area contributed by atoms with E-state index in [0.29, 0.717) is 23.8 Å². The van der Waals surface area contributed by atoms with Crippen molar-refractivity contribution in [1.82, 2.24) is 15.5 Å². The zero-order valence-corrected chi connectivity index (χ0v) is 18.0. The van der Waals surface area contributed by atoms with E-state index >= 15 is 0 Å². The molecule has 2 aromatic rings. The fourth-order valence-corrected chi connectivity index (χ4v) is 3.14. The summed E-state index contributed by atoms with van der Waals surface area (Å²) < 4.78 is 35.2. The second-order valence-corrected chi connectivity index (χ2v) is 7.45. The summed E-state index contributed by atoms with van der Waals surface area (Å²) in [5, 5.41) is 8.14. The third-order valence-electron chi connectivity index (χ3n) is 4.04. The van der Waals surface area contributed by atoms with Crippen LogP contribution in [0.25, 0.3) is 0 Å². The summed E-state index contributed by atoms with van der Waals surface area (Å²) in [6, 6.07) is 8.57. The van der Waals surface area contributed by atoms with Gasteiger partial charge in [0.25, 0.3) is 0 Å². The zero-order valence-electron chi connectivity index (χ0n) is 17.2. The molecular formula is C20H26F2N4O3S. The van der Waals surface area contributed by atoms with Crippen LogP contribution in [-0.4, -0.2) is 57.7 Å². The van der Waals surface area contributed by atoms with Crippen molar-refractivity contribution in [2.45, 2.75) is 19.6 Å². The van der Waals surface area contributed by atoms with E-state index in [1.54, 1.807) is 37.6 Å². The topological polar surface area (TPSA) is 75.2 Å². The van der Waals surface area contributed by atoms with Crippen molar-refractivity contribution in [2.75, 3.05) is 34.3 Å². The number of rotatable bonds is 10. The molecule has 0 aliphatic carbocycles. The van der Waals surface area contributed by atoms with Crippen LogP contribution < -0.4 is 20.1 Å². The van der Waals surface area contributed by atoms with Crippen molar-refractivity contribution >= 4 is 23.2 Å². The number of methoxy groups -OCH3 is 1. The Labute approximate surface area is 178 Å². The molecule has 2 N–H and O–H groups in total. The molecule has 1 aromatic carbocycles. The molecule has 1 aromatic heterocycles. The second-order valence-electron chi connectivity index (χ2n) is 6.41. The van der Waals surface area contributed by atoms with E-state index in [-0.39, 0.29) is 24.7 Å². The molecule has 0 atom stereocenters. The molecule has 164 valence electrons. The van der Waals surface area contributed by atoms with Gasteiger partial charge in [-0.05, 0) is 36.1 Å². The number of nitrogens with zero attached hydrogens (tertiary/aromatic N) is 2. The summed E-state index contributed by atoms with van der Waals surface area (Å²) in [5.41, 5.74) is 0.438. The molecule has 0 radical (unpaired) electrons. The third-order valence-corrected chi connectivity index (χ3v) is 4.98. The van der Waals surface area contributed by atoms with Gasteiger partial charge in [-0.25, -0.2) is 4.99 Å². The lowest BCUT2D eigenvalue weighted by Crippen LogP contribution is -2.43. The average Bonchev–Trinajstić information content (AvgIpc) is 3.23. The minimum absolute atomic E-state index is 0.0249. The summed E-state index contributed by atoms with van der Waals surface area (Å²) in [6.07, 6.45) is 0.791. The first-order chi connectivity index (χ1) is 14.4. The molecule has 0 saturated carbocycles. The van der Waals surface area contributed by atoms with Gasteiger partial charge >= 0.3 is 6.61 Å². The molecule has 0 saturated heterocycles. The fraction of sp³-hybridized carbons (Fsp3) is 0.400. The van der Waals surface area contributed by atoms with Crippen LogP contribution in [0.2, 0.25) is 0 Å². The fourth-order valence-electron chi connectivity index (χ4n) is 2.43. The van der Waals surface area contributed by atoms with E-state index < -0.39 is 6.61 Å². The summed E-state index contributed by atoms with van der Waals surface area (Å²) in [5.74, 6) is 0.806. The van der Waals surface area contributed by atoms with Gasteiger partial charge in [-0.3, -0.25) is 4.79 Å². The maximum atomic E-state index is 12.7. The van der Waals surface area contributed by atoms with Crippen LogP contribution in [-0.2, 0) is 17.8 Å². The molecule has 0 spiro atoms. The molecule has 1 heterocycles. The highest BCUT2D eigenvalue weighted by atomic mass is 32.1. The normalized spacial score (nSPS) is 11.3. The summed E-state index contributed by atoms with van der Waals surface area (Å²) in [6.45, 7) is -2.23. The van der Waals surface area contributed by atoms with Gasteiger partial charge < -0.3 is 25.0 Å². The first kappa shape index (κ1) is 23.4. The van der Waals surface area contributed by atoms with Crippen LogP contribution in [0, 0.1) is 0 Å². The van der Waals surface area contributed by atoms with Crippen molar-refractivity contribution in [3.63, 3.8) is 0 Å². The first-order valence-corrected chi connectivity index (χ1v) is 10.1. The van der Waals surface area contributed by atoms with Gasteiger partial charge in [0.15, 0.2) is 5.96 Å². The Morgan fingerprint density at radius 3 is 2.70 bits per heavy atom. The van der Waals surface area contributed by atoms with Crippen LogP contribution in [0.4, 0.5) is 8.78 Å². The molecule has 7 nitrogen and oxygen atoms in total. The molecule has 0 unspecified atom stereocenters. The number of hydrogen-bond acceptors (Lipinski definition) is 5. The van der Waals surface area contributed by atoms with Crippen LogP contribution >= 0.6 is 11.3 Å². The van der Waals surface area contributed by atoms with E-state index in [9.17, 15) is 13.6 Å². The van der Waals surface area contributed by atoms with Crippen molar-refractivity contribution in [3.8, 4) is 11.5 Å². The van der Waals surface area contributed by atoms with Gasteiger partial charge in [0.2, 0.25) is 5.91 Å². The Bertz CT molecular complexity index is 829. The number of carbonyl (C=O) groups excluding carboxylic acids is 1. The number of hydrogen-bond donors (Lipinski definition) is 2. The van der Waals surface area contributed by atoms with E-state index in [4.69, 9.17) is 4.74 Å². The number of halogens is 2. The summed E-state index contributed by atoms with van der Waals surface area (Å²) in [4.78, 5) is 19.0. The predicted octanol–water partition coefficient (Wildman–Crippen LogP) is 2.72. The van der Waals surface area contributed by atoms with E-state index in [2.05, 4.69) is 20.4 Å². The Kier molecular flexibility index (Phi) is 9.33. The maximum absolute atomic E-state index is 12.7. The van der Waals surface area contributed by atoms with Crippen LogP contribution in [0.5, 0.6) is 11.5 Å². The Morgan fingerprint density at radius 1 is 1.27 bits per heavy atom. The van der Waals surface area contributed by atoms with Crippen LogP contribution in [0.1, 0.15) is 10.4 Å². The van der Waals surface area contributed by atoms with E-state index in [0.717, 1.165) is 6.42 Å². The highest BCUT2D eigenvalue weighted by molar-refractivity contribution is 7.09. The average molecular weight is 441 g/mol. The molecule has 1 amide bonds. The standard InChI is InChI=1S/C20H26F2N4O3S/c1-26(2)18(27)13-25-20(23-9-8-16-5-4-10-30-16)24-12-14-11-15(28-3)6-7-17(14)29-19(21)22/h4-7,10-11,19H,8-9,12-13H2,1-3H3,(H2,23,24,25). The minimum atomic E-state index is -2.94. The smallest absolute Gasteiger partial charge is 0.387 e. The van der Waals surface area contributed by atoms with Gasteiger partial charge in [-0.15, -0.1) is 11.3 Å². The lowest BCUT2D eigenvalue weighted by molar-refractivity contribution is -0.127. The predicted molar refractivity (Wildman–Crippen MR) is 113 cm³/mol. The number of thiophene rings is 1. The number of nitrogens with one attached hydrogen (secondary N) is 2. The Balaban J connectivity index is 2.11. The molecule has 0 aliphatic rings. The van der Waals surface area contributed by atoms with Gasteiger partial charge in [0, 0.05) is 31.1 Å². The Morgan fingerprint density at radius 2 is 2.07 bits per heavy atom. The molecule has 0 fully saturated rings. The van der Waals surface area contributed by atoms with Crippen LogP contribution in [0.3, 0.4) is 0 Å². The molecular weight excluding hydrogens is 414 g/mol. The lowest BCUT2D eigenvalue weighted by Gasteiger charge is -2.15. The number of alkyl halides is 2. The van der Waals surface area contributed by atoms with Crippen molar-refractivity contribution < 1.29 is 23.0 Å². The Hall–Kier alpha value is -2.88. The minimum Gasteiger partial charge on any atom is -0.497 e. The van der Waals surface area contributed by atoms with Gasteiger partial charge in [0.1, 0.15) is 11.5 Å². The van der Waals surface area contributed by atoms with E-state index in [1.165, 1.54) is 23.0 Å². The van der Waals surface area contributed by atoms with Gasteiger partial charge in [0.05, 0.1) is 20.2 Å². The largest absolute Gasteiger partial charge is 0.497 e. The molecule has 0 bridgehead atoms. The monoisotopic (exact) mass is 440 g/mol. The number of guanidine groups is 1. The maximum Gasteiger partial charge on any atom is 0.387 e. The number of likely N-dealkylation sites (N-methyl/N-ethyl adjacent to an activating group) is 1. The van der Waals surface area contributed by atoms with Crippen molar-refractivity contribution in [1.29, 1.82) is 0 Å². The summed E-state index contributed by atoms with van der Waals surface area (Å²) in [7, 11) is 4.81. The number of amides is 1. The molecule has 2 rings (SSSR count). The zero-order chi connectivity index (χ0) is 21.9. The number of benzene rings is 1. The third kappa shape index (κ3) is 7.86. The molecule has 30 heavy (non-hydrogen) atoms. The number of ether oxygens (including phenoxy) is 2. The molecule has 10 heteroatoms. The quantitative estimate of drug-likeness (QED) is 0.439. The molecule has 0 aliphatic heterocycles. The van der Waals surface area contributed by atoms with Gasteiger partial charge in [-0.1, -0.05) is 6.07 Å². The van der Waals surface area contributed by atoms with Gasteiger partial charge in [-0.2, -0.15) is 8.78 Å². The van der Waals surface area contributed by atoms with Crippen LogP contribution in [0.15, 0.2) is 40.7 Å². The highest BCUT2D eigenvalue weighted by Gasteiger charge is 2.12. The van der Waals surface area contributed by atoms with Crippen molar-refractivity contribution in [2.24, 2.45) is 4.99 Å². The lowest BCUT2D eigenvalue weighted by atomic mass is 10.2. The number of aliphatic imine (C=N–C) groups is 1. The SMILES string of the molecule is COc1ccc(OC(F)F)c(CN=C(NCCc2cccs2)NCC(=O)N(C)C)c1. The van der Waals surface area contributed by atoms with Crippen molar-refractivity contribution in [3.05, 3.63) is 46.2 Å². The van der Waals surface area contributed by atoms with E-state index in [1.807, 2.05) is 17.5 Å². The number of carbonyl (C=O) groups is 1. The first-order valence-electron chi connectivity index (χ1n) is 9.25. The highest BCUT2D eigenvalue weighted by Crippen LogP contribution is 2.26. The second kappa shape index (κ2) is 12.0.